The number of carboxylic acids is 1. The van der Waals surface area contributed by atoms with Crippen molar-refractivity contribution in [2.24, 2.45) is 5.92 Å². The first-order valence-electron chi connectivity index (χ1n) is 7.14. The highest BCUT2D eigenvalue weighted by Crippen LogP contribution is 2.25. The lowest BCUT2D eigenvalue weighted by atomic mass is 9.92. The van der Waals surface area contributed by atoms with Crippen LogP contribution >= 0.6 is 0 Å². The standard InChI is InChI=1S/C16H22O3/c1-12(16(17)18)5-4-10-19-15-9-8-13-6-2-3-7-14(13)11-15/h8-9,11-12H,2-7,10H2,1H3,(H,17,18). The van der Waals surface area contributed by atoms with E-state index in [9.17, 15) is 4.79 Å². The predicted octanol–water partition coefficient (Wildman–Crippen LogP) is 3.45. The summed E-state index contributed by atoms with van der Waals surface area (Å²) in [5, 5.41) is 8.79. The minimum Gasteiger partial charge on any atom is -0.494 e. The van der Waals surface area contributed by atoms with Gasteiger partial charge < -0.3 is 9.84 Å². The van der Waals surface area contributed by atoms with Crippen LogP contribution in [0.3, 0.4) is 0 Å². The second kappa shape index (κ2) is 6.60. The van der Waals surface area contributed by atoms with Crippen LogP contribution in [-0.2, 0) is 17.6 Å². The zero-order chi connectivity index (χ0) is 13.7. The highest BCUT2D eigenvalue weighted by atomic mass is 16.5. The molecule has 1 aliphatic rings. The lowest BCUT2D eigenvalue weighted by molar-refractivity contribution is -0.141. The van der Waals surface area contributed by atoms with E-state index in [1.807, 2.05) is 6.07 Å². The van der Waals surface area contributed by atoms with Gasteiger partial charge in [0, 0.05) is 0 Å². The van der Waals surface area contributed by atoms with Crippen molar-refractivity contribution < 1.29 is 14.6 Å². The normalized spacial score (nSPS) is 15.6. The Balaban J connectivity index is 1.78. The van der Waals surface area contributed by atoms with E-state index in [1.165, 1.54) is 30.4 Å². The molecule has 3 nitrogen and oxygen atoms in total. The van der Waals surface area contributed by atoms with Gasteiger partial charge in [0.2, 0.25) is 0 Å². The molecule has 1 atom stereocenters. The smallest absolute Gasteiger partial charge is 0.306 e. The van der Waals surface area contributed by atoms with E-state index in [1.54, 1.807) is 6.92 Å². The summed E-state index contributed by atoms with van der Waals surface area (Å²) in [6.45, 7) is 2.33. The molecule has 0 heterocycles. The maximum atomic E-state index is 10.7. The maximum absolute atomic E-state index is 10.7. The van der Waals surface area contributed by atoms with Crippen LogP contribution < -0.4 is 4.74 Å². The average molecular weight is 262 g/mol. The minimum absolute atomic E-state index is 0.285. The second-order valence-electron chi connectivity index (χ2n) is 5.37. The van der Waals surface area contributed by atoms with Gasteiger partial charge in [-0.15, -0.1) is 0 Å². The van der Waals surface area contributed by atoms with Crippen LogP contribution in [0.15, 0.2) is 18.2 Å². The van der Waals surface area contributed by atoms with Crippen LogP contribution in [0.25, 0.3) is 0 Å². The summed E-state index contributed by atoms with van der Waals surface area (Å²) in [6.07, 6.45) is 6.35. The Morgan fingerprint density at radius 3 is 2.79 bits per heavy atom. The summed E-state index contributed by atoms with van der Waals surface area (Å²) in [5.74, 6) is -0.0930. The van der Waals surface area contributed by atoms with Gasteiger partial charge in [0.05, 0.1) is 12.5 Å². The highest BCUT2D eigenvalue weighted by molar-refractivity contribution is 5.69. The number of carboxylic acid groups (broad SMARTS) is 1. The molecule has 19 heavy (non-hydrogen) atoms. The van der Waals surface area contributed by atoms with Crippen molar-refractivity contribution in [3.63, 3.8) is 0 Å². The van der Waals surface area contributed by atoms with E-state index in [4.69, 9.17) is 9.84 Å². The minimum atomic E-state index is -0.728. The van der Waals surface area contributed by atoms with Crippen LogP contribution in [-0.4, -0.2) is 17.7 Å². The Kier molecular flexibility index (Phi) is 4.83. The summed E-state index contributed by atoms with van der Waals surface area (Å²) in [6, 6.07) is 6.35. The SMILES string of the molecule is CC(CCCOc1ccc2c(c1)CCCC2)C(=O)O. The van der Waals surface area contributed by atoms with Gasteiger partial charge >= 0.3 is 5.97 Å². The molecular weight excluding hydrogens is 240 g/mol. The van der Waals surface area contributed by atoms with Crippen LogP contribution in [0, 0.1) is 5.92 Å². The molecule has 1 aromatic rings. The summed E-state index contributed by atoms with van der Waals surface area (Å²) < 4.78 is 5.71. The van der Waals surface area contributed by atoms with Crippen molar-refractivity contribution in [3.8, 4) is 5.75 Å². The third kappa shape index (κ3) is 3.98. The monoisotopic (exact) mass is 262 g/mol. The molecule has 0 fully saturated rings. The molecule has 0 saturated heterocycles. The van der Waals surface area contributed by atoms with Gasteiger partial charge in [-0.1, -0.05) is 13.0 Å². The van der Waals surface area contributed by atoms with Crippen LogP contribution in [0.1, 0.15) is 43.7 Å². The zero-order valence-electron chi connectivity index (χ0n) is 11.5. The number of hydrogen-bond donors (Lipinski definition) is 1. The molecule has 2 rings (SSSR count). The van der Waals surface area contributed by atoms with E-state index in [2.05, 4.69) is 12.1 Å². The lowest BCUT2D eigenvalue weighted by Crippen LogP contribution is -2.11. The summed E-state index contributed by atoms with van der Waals surface area (Å²) >= 11 is 0. The van der Waals surface area contributed by atoms with Crippen molar-refractivity contribution in [2.75, 3.05) is 6.61 Å². The van der Waals surface area contributed by atoms with Crippen molar-refractivity contribution >= 4 is 5.97 Å². The molecule has 0 amide bonds. The fourth-order valence-electron chi connectivity index (χ4n) is 2.50. The molecule has 0 radical (unpaired) electrons. The first-order chi connectivity index (χ1) is 9.16. The molecule has 0 bridgehead atoms. The van der Waals surface area contributed by atoms with Gasteiger partial charge in [0.15, 0.2) is 0 Å². The number of ether oxygens (including phenoxy) is 1. The molecule has 1 unspecified atom stereocenters. The Bertz CT molecular complexity index is 440. The van der Waals surface area contributed by atoms with E-state index in [-0.39, 0.29) is 5.92 Å². The van der Waals surface area contributed by atoms with E-state index in [0.29, 0.717) is 13.0 Å². The fourth-order valence-corrected chi connectivity index (χ4v) is 2.50. The topological polar surface area (TPSA) is 46.5 Å². The predicted molar refractivity (Wildman–Crippen MR) is 74.6 cm³/mol. The van der Waals surface area contributed by atoms with E-state index in [0.717, 1.165) is 18.6 Å². The number of carbonyl (C=O) groups is 1. The Hall–Kier alpha value is -1.51. The van der Waals surface area contributed by atoms with Gasteiger partial charge in [-0.3, -0.25) is 4.79 Å². The number of aliphatic carboxylic acids is 1. The maximum Gasteiger partial charge on any atom is 0.306 e. The van der Waals surface area contributed by atoms with Crippen LogP contribution in [0.4, 0.5) is 0 Å². The summed E-state index contributed by atoms with van der Waals surface area (Å²) in [7, 11) is 0. The van der Waals surface area contributed by atoms with Crippen molar-refractivity contribution in [1.82, 2.24) is 0 Å². The van der Waals surface area contributed by atoms with Gasteiger partial charge in [-0.25, -0.2) is 0 Å². The number of hydrogen-bond acceptors (Lipinski definition) is 2. The first-order valence-corrected chi connectivity index (χ1v) is 7.14. The van der Waals surface area contributed by atoms with Crippen molar-refractivity contribution in [1.29, 1.82) is 0 Å². The molecule has 0 saturated carbocycles. The highest BCUT2D eigenvalue weighted by Gasteiger charge is 2.11. The van der Waals surface area contributed by atoms with Gasteiger partial charge in [0.25, 0.3) is 0 Å². The van der Waals surface area contributed by atoms with E-state index >= 15 is 0 Å². The van der Waals surface area contributed by atoms with Crippen molar-refractivity contribution in [3.05, 3.63) is 29.3 Å². The molecule has 104 valence electrons. The van der Waals surface area contributed by atoms with Gasteiger partial charge in [-0.05, 0) is 61.8 Å². The number of benzene rings is 1. The summed E-state index contributed by atoms with van der Waals surface area (Å²) in [5.41, 5.74) is 2.88. The number of aryl methyl sites for hydroxylation is 2. The third-order valence-electron chi connectivity index (χ3n) is 3.79. The fraction of sp³-hybridized carbons (Fsp3) is 0.562. The second-order valence-corrected chi connectivity index (χ2v) is 5.37. The Morgan fingerprint density at radius 1 is 1.32 bits per heavy atom. The molecule has 1 aliphatic carbocycles. The Morgan fingerprint density at radius 2 is 2.05 bits per heavy atom. The molecular formula is C16H22O3. The third-order valence-corrected chi connectivity index (χ3v) is 3.79. The van der Waals surface area contributed by atoms with Crippen LogP contribution in [0.5, 0.6) is 5.75 Å². The quantitative estimate of drug-likeness (QED) is 0.799. The van der Waals surface area contributed by atoms with Gasteiger partial charge in [0.1, 0.15) is 5.75 Å². The summed E-state index contributed by atoms with van der Waals surface area (Å²) in [4.78, 5) is 10.7. The van der Waals surface area contributed by atoms with E-state index < -0.39 is 5.97 Å². The Labute approximate surface area is 114 Å². The molecule has 0 aromatic heterocycles. The molecule has 0 aliphatic heterocycles. The van der Waals surface area contributed by atoms with Crippen LogP contribution in [0.2, 0.25) is 0 Å². The first kappa shape index (κ1) is 13.9. The van der Waals surface area contributed by atoms with Crippen molar-refractivity contribution in [2.45, 2.75) is 45.4 Å². The molecule has 1 N–H and O–H groups in total. The average Bonchev–Trinajstić information content (AvgIpc) is 2.43. The lowest BCUT2D eigenvalue weighted by Gasteiger charge is -2.17. The molecule has 1 aromatic carbocycles. The molecule has 0 spiro atoms. The molecule has 3 heteroatoms. The number of rotatable bonds is 6. The van der Waals surface area contributed by atoms with Gasteiger partial charge in [-0.2, -0.15) is 0 Å². The zero-order valence-corrected chi connectivity index (χ0v) is 11.5. The largest absolute Gasteiger partial charge is 0.494 e. The number of fused-ring (bicyclic) bond motifs is 1.